The predicted octanol–water partition coefficient (Wildman–Crippen LogP) is 4.69. The molecule has 2 bridgehead atoms. The van der Waals surface area contributed by atoms with Crippen molar-refractivity contribution in [3.05, 3.63) is 28.2 Å². The Kier molecular flexibility index (Phi) is 3.74. The van der Waals surface area contributed by atoms with Crippen LogP contribution in [0, 0.1) is 17.8 Å². The molecule has 2 fully saturated rings. The molecule has 0 spiro atoms. The lowest BCUT2D eigenvalue weighted by atomic mass is 9.83. The molecule has 0 aromatic heterocycles. The van der Waals surface area contributed by atoms with Crippen LogP contribution in [0.25, 0.3) is 0 Å². The first-order valence-electron chi connectivity index (χ1n) is 8.39. The average molecular weight is 350 g/mol. The topological polar surface area (TPSA) is 21.3 Å². The zero-order chi connectivity index (χ0) is 14.4. The Bertz CT molecular complexity index is 532. The summed E-state index contributed by atoms with van der Waals surface area (Å²) in [6, 6.07) is 7.45. The minimum absolute atomic E-state index is 0.445. The van der Waals surface area contributed by atoms with Gasteiger partial charge in [-0.15, -0.1) is 0 Å². The van der Waals surface area contributed by atoms with Gasteiger partial charge in [0.05, 0.1) is 6.61 Å². The summed E-state index contributed by atoms with van der Waals surface area (Å²) < 4.78 is 6.95. The van der Waals surface area contributed by atoms with E-state index in [1.54, 1.807) is 0 Å². The second-order valence-corrected chi connectivity index (χ2v) is 8.08. The molecule has 2 aliphatic carbocycles. The molecule has 2 saturated carbocycles. The fourth-order valence-electron chi connectivity index (χ4n) is 4.89. The molecule has 114 valence electrons. The molecule has 21 heavy (non-hydrogen) atoms. The van der Waals surface area contributed by atoms with Crippen molar-refractivity contribution in [3.63, 3.8) is 0 Å². The summed E-state index contributed by atoms with van der Waals surface area (Å²) >= 11 is 3.59. The van der Waals surface area contributed by atoms with E-state index in [0.717, 1.165) is 41.0 Å². The zero-order valence-electron chi connectivity index (χ0n) is 12.6. The van der Waals surface area contributed by atoms with E-state index in [-0.39, 0.29) is 0 Å². The smallest absolute Gasteiger partial charge is 0.124 e. The summed E-state index contributed by atoms with van der Waals surface area (Å²) in [5.74, 6) is 3.96. The van der Waals surface area contributed by atoms with Gasteiger partial charge in [0.25, 0.3) is 0 Å². The molecule has 1 aliphatic heterocycles. The first kappa shape index (κ1) is 14.1. The van der Waals surface area contributed by atoms with Gasteiger partial charge in [0.15, 0.2) is 0 Å². The van der Waals surface area contributed by atoms with Gasteiger partial charge in [-0.05, 0) is 62.1 Å². The van der Waals surface area contributed by atoms with Gasteiger partial charge in [0.2, 0.25) is 0 Å². The van der Waals surface area contributed by atoms with E-state index in [4.69, 9.17) is 4.74 Å². The molecular weight excluding hydrogens is 326 g/mol. The summed E-state index contributed by atoms with van der Waals surface area (Å²) in [6.07, 6.45) is 6.98. The van der Waals surface area contributed by atoms with E-state index in [2.05, 4.69) is 46.4 Å². The third kappa shape index (κ3) is 2.63. The van der Waals surface area contributed by atoms with Crippen LogP contribution in [-0.4, -0.2) is 12.6 Å². The highest BCUT2D eigenvalue weighted by molar-refractivity contribution is 9.10. The van der Waals surface area contributed by atoms with Crippen molar-refractivity contribution < 1.29 is 4.74 Å². The maximum atomic E-state index is 5.80. The quantitative estimate of drug-likeness (QED) is 0.854. The fourth-order valence-corrected chi connectivity index (χ4v) is 5.26. The van der Waals surface area contributed by atoms with Crippen molar-refractivity contribution in [2.75, 3.05) is 6.61 Å². The number of ether oxygens (including phenoxy) is 1. The second-order valence-electron chi connectivity index (χ2n) is 7.17. The Hall–Kier alpha value is -0.540. The molecule has 5 atom stereocenters. The average Bonchev–Trinajstić information content (AvgIpc) is 3.10. The van der Waals surface area contributed by atoms with E-state index in [0.29, 0.717) is 12.1 Å². The summed E-state index contributed by atoms with van der Waals surface area (Å²) in [5, 5.41) is 3.93. The van der Waals surface area contributed by atoms with Gasteiger partial charge in [0.1, 0.15) is 5.75 Å². The first-order valence-corrected chi connectivity index (χ1v) is 9.18. The van der Waals surface area contributed by atoms with Crippen LogP contribution < -0.4 is 10.1 Å². The van der Waals surface area contributed by atoms with Crippen LogP contribution in [0.1, 0.15) is 50.6 Å². The first-order chi connectivity index (χ1) is 10.2. The van der Waals surface area contributed by atoms with Crippen molar-refractivity contribution in [1.82, 2.24) is 5.32 Å². The number of nitrogens with one attached hydrogen (secondary N) is 1. The number of halogens is 1. The molecule has 1 N–H and O–H groups in total. The second kappa shape index (κ2) is 5.58. The normalized spacial score (nSPS) is 35.3. The summed E-state index contributed by atoms with van der Waals surface area (Å²) in [7, 11) is 0. The molecule has 2 nitrogen and oxygen atoms in total. The minimum Gasteiger partial charge on any atom is -0.493 e. The molecule has 1 heterocycles. The monoisotopic (exact) mass is 349 g/mol. The molecule has 0 saturated heterocycles. The summed E-state index contributed by atoms with van der Waals surface area (Å²) in [4.78, 5) is 0. The van der Waals surface area contributed by atoms with Crippen LogP contribution in [0.15, 0.2) is 22.7 Å². The van der Waals surface area contributed by atoms with Crippen molar-refractivity contribution in [1.29, 1.82) is 0 Å². The zero-order valence-corrected chi connectivity index (χ0v) is 14.2. The van der Waals surface area contributed by atoms with Gasteiger partial charge < -0.3 is 10.1 Å². The largest absolute Gasteiger partial charge is 0.493 e. The lowest BCUT2D eigenvalue weighted by molar-refractivity contribution is 0.207. The SMILES string of the molecule is CC(NC1CCOc2ccc(Br)cc21)C1CC2CCC1C2. The maximum absolute atomic E-state index is 5.80. The van der Waals surface area contributed by atoms with Crippen molar-refractivity contribution in [3.8, 4) is 5.75 Å². The van der Waals surface area contributed by atoms with Crippen LogP contribution in [0.4, 0.5) is 0 Å². The van der Waals surface area contributed by atoms with Crippen LogP contribution in [0.5, 0.6) is 5.75 Å². The predicted molar refractivity (Wildman–Crippen MR) is 88.5 cm³/mol. The van der Waals surface area contributed by atoms with Gasteiger partial charge in [0, 0.05) is 28.5 Å². The van der Waals surface area contributed by atoms with Crippen molar-refractivity contribution in [2.24, 2.45) is 17.8 Å². The van der Waals surface area contributed by atoms with E-state index in [9.17, 15) is 0 Å². The standard InChI is InChI=1S/C18H24BrNO/c1-11(15-9-12-2-3-13(15)8-12)20-17-6-7-21-18-5-4-14(19)10-16(17)18/h4-5,10-13,15,17,20H,2-3,6-9H2,1H3. The molecule has 5 unspecified atom stereocenters. The molecule has 4 rings (SSSR count). The van der Waals surface area contributed by atoms with Gasteiger partial charge in [-0.1, -0.05) is 22.4 Å². The van der Waals surface area contributed by atoms with E-state index >= 15 is 0 Å². The lowest BCUT2D eigenvalue weighted by Crippen LogP contribution is -2.40. The van der Waals surface area contributed by atoms with Crippen LogP contribution >= 0.6 is 15.9 Å². The van der Waals surface area contributed by atoms with Crippen LogP contribution in [0.3, 0.4) is 0 Å². The molecule has 0 radical (unpaired) electrons. The van der Waals surface area contributed by atoms with E-state index in [1.165, 1.54) is 31.2 Å². The third-order valence-corrected chi connectivity index (χ3v) is 6.40. The number of fused-ring (bicyclic) bond motifs is 3. The Morgan fingerprint density at radius 1 is 1.24 bits per heavy atom. The molecule has 0 amide bonds. The van der Waals surface area contributed by atoms with E-state index in [1.807, 2.05) is 0 Å². The molecular formula is C18H24BrNO. The van der Waals surface area contributed by atoms with Gasteiger partial charge in [-0.25, -0.2) is 0 Å². The molecule has 3 aliphatic rings. The van der Waals surface area contributed by atoms with Gasteiger partial charge >= 0.3 is 0 Å². The minimum atomic E-state index is 0.445. The maximum Gasteiger partial charge on any atom is 0.124 e. The van der Waals surface area contributed by atoms with Gasteiger partial charge in [-0.2, -0.15) is 0 Å². The highest BCUT2D eigenvalue weighted by Gasteiger charge is 2.42. The molecule has 1 aromatic rings. The highest BCUT2D eigenvalue weighted by atomic mass is 79.9. The number of benzene rings is 1. The molecule has 3 heteroatoms. The summed E-state index contributed by atoms with van der Waals surface area (Å²) in [6.45, 7) is 3.23. The summed E-state index contributed by atoms with van der Waals surface area (Å²) in [5.41, 5.74) is 1.32. The Morgan fingerprint density at radius 2 is 2.14 bits per heavy atom. The van der Waals surface area contributed by atoms with Crippen molar-refractivity contribution >= 4 is 15.9 Å². The van der Waals surface area contributed by atoms with Gasteiger partial charge in [-0.3, -0.25) is 0 Å². The van der Waals surface area contributed by atoms with Crippen LogP contribution in [0.2, 0.25) is 0 Å². The van der Waals surface area contributed by atoms with Crippen molar-refractivity contribution in [2.45, 2.75) is 51.1 Å². The number of hydrogen-bond donors (Lipinski definition) is 1. The Labute approximate surface area is 135 Å². The highest BCUT2D eigenvalue weighted by Crippen LogP contribution is 2.50. The van der Waals surface area contributed by atoms with Crippen LogP contribution in [-0.2, 0) is 0 Å². The molecule has 1 aromatic carbocycles. The third-order valence-electron chi connectivity index (χ3n) is 5.91. The Morgan fingerprint density at radius 3 is 2.90 bits per heavy atom. The number of hydrogen-bond acceptors (Lipinski definition) is 2. The fraction of sp³-hybridized carbons (Fsp3) is 0.667. The Balaban J connectivity index is 1.49. The number of rotatable bonds is 3. The lowest BCUT2D eigenvalue weighted by Gasteiger charge is -2.34. The van der Waals surface area contributed by atoms with E-state index < -0.39 is 0 Å².